The molecule has 4 nitrogen and oxygen atoms in total. The minimum absolute atomic E-state index is 0.0362. The highest BCUT2D eigenvalue weighted by Crippen LogP contribution is 2.30. The van der Waals surface area contributed by atoms with Crippen molar-refractivity contribution in [2.75, 3.05) is 26.2 Å². The molecule has 0 radical (unpaired) electrons. The van der Waals surface area contributed by atoms with E-state index < -0.39 is 0 Å². The molecule has 128 valence electrons. The molecule has 0 bridgehead atoms. The predicted octanol–water partition coefficient (Wildman–Crippen LogP) is 3.28. The second kappa shape index (κ2) is 9.18. The van der Waals surface area contributed by atoms with Crippen LogP contribution in [-0.2, 0) is 0 Å². The number of urea groups is 1. The number of hydrogen-bond donors (Lipinski definition) is 2. The quantitative estimate of drug-likeness (QED) is 0.838. The third-order valence-electron chi connectivity index (χ3n) is 4.25. The monoisotopic (exact) mass is 336 g/mol. The molecule has 0 saturated carbocycles. The first-order chi connectivity index (χ1) is 11.1. The van der Waals surface area contributed by atoms with Gasteiger partial charge in [-0.05, 0) is 44.2 Å². The molecule has 5 heteroatoms. The first-order valence-electron chi connectivity index (χ1n) is 8.45. The van der Waals surface area contributed by atoms with Crippen LogP contribution in [0.15, 0.2) is 29.2 Å². The highest BCUT2D eigenvalue weighted by molar-refractivity contribution is 8.00. The molecule has 23 heavy (non-hydrogen) atoms. The lowest BCUT2D eigenvalue weighted by molar-refractivity contribution is 0.185. The van der Waals surface area contributed by atoms with Gasteiger partial charge in [0.2, 0.25) is 0 Å². The number of rotatable bonds is 6. The molecule has 1 heterocycles. The lowest BCUT2D eigenvalue weighted by Crippen LogP contribution is -2.45. The van der Waals surface area contributed by atoms with Crippen molar-refractivity contribution < 1.29 is 9.90 Å². The Morgan fingerprint density at radius 3 is 2.83 bits per heavy atom. The summed E-state index contributed by atoms with van der Waals surface area (Å²) < 4.78 is 0. The summed E-state index contributed by atoms with van der Waals surface area (Å²) in [6, 6.07) is 8.65. The van der Waals surface area contributed by atoms with Crippen molar-refractivity contribution in [3.8, 4) is 0 Å². The highest BCUT2D eigenvalue weighted by Gasteiger charge is 2.23. The molecule has 2 N–H and O–H groups in total. The van der Waals surface area contributed by atoms with Gasteiger partial charge >= 0.3 is 6.03 Å². The van der Waals surface area contributed by atoms with Gasteiger partial charge in [0, 0.05) is 36.4 Å². The minimum atomic E-state index is 0.0362. The maximum absolute atomic E-state index is 12.1. The maximum atomic E-state index is 12.1. The summed E-state index contributed by atoms with van der Waals surface area (Å²) in [4.78, 5) is 15.4. The van der Waals surface area contributed by atoms with Crippen LogP contribution in [0, 0.1) is 12.8 Å². The molecule has 2 rings (SSSR count). The van der Waals surface area contributed by atoms with E-state index >= 15 is 0 Å². The van der Waals surface area contributed by atoms with E-state index in [1.807, 2.05) is 23.6 Å². The van der Waals surface area contributed by atoms with Crippen LogP contribution in [-0.4, -0.2) is 47.5 Å². The first kappa shape index (κ1) is 18.1. The van der Waals surface area contributed by atoms with Crippen molar-refractivity contribution in [3.05, 3.63) is 29.8 Å². The molecule has 1 aliphatic rings. The molecule has 1 atom stereocenters. The number of amides is 2. The van der Waals surface area contributed by atoms with Gasteiger partial charge < -0.3 is 15.3 Å². The number of benzene rings is 1. The van der Waals surface area contributed by atoms with E-state index in [2.05, 4.69) is 36.5 Å². The normalized spacial score (nSPS) is 17.1. The van der Waals surface area contributed by atoms with Gasteiger partial charge in [-0.1, -0.05) is 24.6 Å². The van der Waals surface area contributed by atoms with Crippen LogP contribution in [0.2, 0.25) is 0 Å². The zero-order valence-electron chi connectivity index (χ0n) is 14.1. The predicted molar refractivity (Wildman–Crippen MR) is 95.9 cm³/mol. The van der Waals surface area contributed by atoms with Crippen molar-refractivity contribution >= 4 is 17.8 Å². The average molecular weight is 337 g/mol. The lowest BCUT2D eigenvalue weighted by atomic mass is 10.1. The fourth-order valence-electron chi connectivity index (χ4n) is 2.69. The maximum Gasteiger partial charge on any atom is 0.317 e. The van der Waals surface area contributed by atoms with E-state index in [-0.39, 0.29) is 18.6 Å². The number of piperidine rings is 1. The van der Waals surface area contributed by atoms with Crippen LogP contribution in [0.4, 0.5) is 4.79 Å². The molecule has 1 aromatic rings. The van der Waals surface area contributed by atoms with Gasteiger partial charge in [-0.3, -0.25) is 0 Å². The highest BCUT2D eigenvalue weighted by atomic mass is 32.2. The molecule has 1 fully saturated rings. The summed E-state index contributed by atoms with van der Waals surface area (Å²) in [5.74, 6) is 0.242. The zero-order chi connectivity index (χ0) is 16.7. The first-order valence-corrected chi connectivity index (χ1v) is 9.33. The molecule has 1 saturated heterocycles. The number of carbonyl (C=O) groups excluding carboxylic acids is 1. The van der Waals surface area contributed by atoms with Crippen molar-refractivity contribution in [1.29, 1.82) is 0 Å². The Bertz CT molecular complexity index is 502. The van der Waals surface area contributed by atoms with E-state index in [9.17, 15) is 4.79 Å². The SMILES string of the molecule is Cc1cccc(SC2CCN(C(=O)NCCC(C)CO)CC2)c1. The standard InChI is InChI=1S/C18H28N2O2S/c1-14-4-3-5-17(12-14)23-16-7-10-20(11-8-16)18(22)19-9-6-15(2)13-21/h3-5,12,15-16,21H,6-11,13H2,1-2H3,(H,19,22). The number of carbonyl (C=O) groups is 1. The van der Waals surface area contributed by atoms with Crippen LogP contribution in [0.1, 0.15) is 31.7 Å². The van der Waals surface area contributed by atoms with E-state index in [4.69, 9.17) is 5.11 Å². The van der Waals surface area contributed by atoms with Gasteiger partial charge in [-0.25, -0.2) is 4.79 Å². The third kappa shape index (κ3) is 6.07. The molecule has 1 unspecified atom stereocenters. The Kier molecular flexibility index (Phi) is 7.24. The fraction of sp³-hybridized carbons (Fsp3) is 0.611. The molecule has 1 aromatic carbocycles. The topological polar surface area (TPSA) is 52.6 Å². The average Bonchev–Trinajstić information content (AvgIpc) is 2.55. The zero-order valence-corrected chi connectivity index (χ0v) is 14.9. The van der Waals surface area contributed by atoms with E-state index in [1.54, 1.807) is 0 Å². The van der Waals surface area contributed by atoms with Crippen molar-refractivity contribution in [3.63, 3.8) is 0 Å². The summed E-state index contributed by atoms with van der Waals surface area (Å²) in [6.45, 7) is 6.57. The summed E-state index contributed by atoms with van der Waals surface area (Å²) in [5, 5.41) is 12.5. The van der Waals surface area contributed by atoms with Gasteiger partial charge in [0.05, 0.1) is 0 Å². The number of aliphatic hydroxyl groups is 1. The van der Waals surface area contributed by atoms with Crippen LogP contribution in [0.25, 0.3) is 0 Å². The molecule has 2 amide bonds. The summed E-state index contributed by atoms with van der Waals surface area (Å²) in [7, 11) is 0. The second-order valence-corrected chi connectivity index (χ2v) is 7.80. The number of aliphatic hydroxyl groups excluding tert-OH is 1. The van der Waals surface area contributed by atoms with Crippen LogP contribution < -0.4 is 5.32 Å². The Balaban J connectivity index is 1.70. The van der Waals surface area contributed by atoms with Gasteiger partial charge in [-0.2, -0.15) is 0 Å². The van der Waals surface area contributed by atoms with Crippen molar-refractivity contribution in [2.45, 2.75) is 43.3 Å². The van der Waals surface area contributed by atoms with Gasteiger partial charge in [0.1, 0.15) is 0 Å². The molecule has 0 aromatic heterocycles. The minimum Gasteiger partial charge on any atom is -0.396 e. The molecule has 1 aliphatic heterocycles. The van der Waals surface area contributed by atoms with Crippen LogP contribution in [0.3, 0.4) is 0 Å². The summed E-state index contributed by atoms with van der Waals surface area (Å²) in [5.41, 5.74) is 1.30. The Hall–Kier alpha value is -1.20. The lowest BCUT2D eigenvalue weighted by Gasteiger charge is -2.31. The molecular weight excluding hydrogens is 308 g/mol. The van der Waals surface area contributed by atoms with Crippen molar-refractivity contribution in [1.82, 2.24) is 10.2 Å². The number of thioether (sulfide) groups is 1. The number of nitrogens with zero attached hydrogens (tertiary/aromatic N) is 1. The summed E-state index contributed by atoms with van der Waals surface area (Å²) >= 11 is 1.93. The fourth-order valence-corrected chi connectivity index (χ4v) is 3.93. The largest absolute Gasteiger partial charge is 0.396 e. The van der Waals surface area contributed by atoms with Crippen LogP contribution in [0.5, 0.6) is 0 Å². The summed E-state index contributed by atoms with van der Waals surface area (Å²) in [6.07, 6.45) is 2.90. The Labute approximate surface area is 143 Å². The Morgan fingerprint density at radius 1 is 1.43 bits per heavy atom. The second-order valence-electron chi connectivity index (χ2n) is 6.43. The number of aryl methyl sites for hydroxylation is 1. The van der Waals surface area contributed by atoms with E-state index in [0.29, 0.717) is 11.8 Å². The molecule has 0 spiro atoms. The number of nitrogens with one attached hydrogen (secondary N) is 1. The van der Waals surface area contributed by atoms with Gasteiger partial charge in [-0.15, -0.1) is 11.8 Å². The number of likely N-dealkylation sites (tertiary alicyclic amines) is 1. The van der Waals surface area contributed by atoms with Gasteiger partial charge in [0.25, 0.3) is 0 Å². The Morgan fingerprint density at radius 2 is 2.17 bits per heavy atom. The van der Waals surface area contributed by atoms with Crippen molar-refractivity contribution in [2.24, 2.45) is 5.92 Å². The van der Waals surface area contributed by atoms with Gasteiger partial charge in [0.15, 0.2) is 0 Å². The smallest absolute Gasteiger partial charge is 0.317 e. The third-order valence-corrected chi connectivity index (χ3v) is 5.58. The van der Waals surface area contributed by atoms with E-state index in [1.165, 1.54) is 10.5 Å². The molecule has 0 aliphatic carbocycles. The van der Waals surface area contributed by atoms with Crippen LogP contribution >= 0.6 is 11.8 Å². The number of hydrogen-bond acceptors (Lipinski definition) is 3. The molecular formula is C18H28N2O2S. The van der Waals surface area contributed by atoms with E-state index in [0.717, 1.165) is 32.4 Å².